The van der Waals surface area contributed by atoms with Crippen LogP contribution in [0.1, 0.15) is 24.6 Å². The summed E-state index contributed by atoms with van der Waals surface area (Å²) in [6, 6.07) is 10.9. The number of carbonyl (C=O) groups is 1. The quantitative estimate of drug-likeness (QED) is 0.469. The number of hydrogen-bond donors (Lipinski definition) is 1. The summed E-state index contributed by atoms with van der Waals surface area (Å²) < 4.78 is 69.8. The molecule has 7 nitrogen and oxygen atoms in total. The molecule has 3 aromatic rings. The van der Waals surface area contributed by atoms with E-state index in [0.717, 1.165) is 21.3 Å². The number of rotatable bonds is 6. The second-order valence-corrected chi connectivity index (χ2v) is 9.08. The van der Waals surface area contributed by atoms with Crippen LogP contribution in [-0.4, -0.2) is 29.2 Å². The molecule has 1 heterocycles. The van der Waals surface area contributed by atoms with Crippen molar-refractivity contribution >= 4 is 31.9 Å². The average molecular weight is 554 g/mol. The molecule has 0 spiro atoms. The summed E-state index contributed by atoms with van der Waals surface area (Å²) in [5.41, 5.74) is -0.650. The van der Waals surface area contributed by atoms with E-state index in [9.17, 15) is 31.5 Å². The van der Waals surface area contributed by atoms with Crippen molar-refractivity contribution in [2.24, 2.45) is 0 Å². The van der Waals surface area contributed by atoms with Crippen LogP contribution in [0.4, 0.5) is 13.2 Å². The number of aromatic nitrogens is 2. The van der Waals surface area contributed by atoms with Crippen LogP contribution in [0.5, 0.6) is 0 Å². The molecule has 0 aliphatic rings. The van der Waals surface area contributed by atoms with Gasteiger partial charge < -0.3 is 14.6 Å². The number of sulfonamides is 1. The number of hydrogen-bond acceptors (Lipinski definition) is 5. The third-order valence-corrected chi connectivity index (χ3v) is 6.33. The molecular formula is C20H16BrF3N3NaO4S. The summed E-state index contributed by atoms with van der Waals surface area (Å²) in [5.74, 6) is -0.864. The van der Waals surface area contributed by atoms with E-state index in [0.29, 0.717) is 5.56 Å². The third kappa shape index (κ3) is 6.25. The molecule has 0 fully saturated rings. The van der Waals surface area contributed by atoms with Crippen molar-refractivity contribution in [2.75, 3.05) is 0 Å². The molecule has 3 rings (SSSR count). The van der Waals surface area contributed by atoms with Gasteiger partial charge in [0.1, 0.15) is 10.0 Å². The predicted molar refractivity (Wildman–Crippen MR) is 113 cm³/mol. The Balaban J connectivity index is 0.00000385. The first kappa shape index (κ1) is 27.5. The Hall–Kier alpha value is -1.70. The topological polar surface area (TPSA) is 103 Å². The van der Waals surface area contributed by atoms with Gasteiger partial charge in [-0.05, 0) is 48.4 Å². The summed E-state index contributed by atoms with van der Waals surface area (Å²) >= 11 is 3.27. The fraction of sp³-hybridized carbons (Fsp3) is 0.200. The summed E-state index contributed by atoms with van der Waals surface area (Å²) in [7, 11) is -4.40. The second-order valence-electron chi connectivity index (χ2n) is 6.60. The SMILES string of the molecule is CCC(=O)[N-]S(=O)(=O)c1ccc(-n2nc(C(F)(F)F)cc2-c2ccc(Br)cc2)cc1CO.[Na+]. The number of carbonyl (C=O) groups excluding carboxylic acids is 1. The first-order valence-corrected chi connectivity index (χ1v) is 11.4. The van der Waals surface area contributed by atoms with E-state index in [1.54, 1.807) is 24.3 Å². The zero-order chi connectivity index (χ0) is 23.7. The summed E-state index contributed by atoms with van der Waals surface area (Å²) in [6.07, 6.45) is -4.84. The summed E-state index contributed by atoms with van der Waals surface area (Å²) in [6.45, 7) is 0.691. The molecule has 0 unspecified atom stereocenters. The van der Waals surface area contributed by atoms with Gasteiger partial charge >= 0.3 is 35.7 Å². The molecule has 0 aliphatic carbocycles. The standard InChI is InChI=1S/C20H17BrF3N3O4S.Na/c1-2-19(29)26-32(30,31)17-8-7-15(9-13(17)11-28)27-16(10-18(25-27)20(22,23)24)12-3-5-14(21)6-4-12;/h3-10,28H,2,11H2,1H3,(H,26,29);/q;+1/p-1. The van der Waals surface area contributed by atoms with Gasteiger partial charge in [0.15, 0.2) is 5.69 Å². The fourth-order valence-electron chi connectivity index (χ4n) is 2.86. The fourth-order valence-corrected chi connectivity index (χ4v) is 4.32. The second kappa shape index (κ2) is 10.7. The van der Waals surface area contributed by atoms with Crippen LogP contribution in [0.15, 0.2) is 57.9 Å². The van der Waals surface area contributed by atoms with Gasteiger partial charge in [-0.15, -0.1) is 0 Å². The van der Waals surface area contributed by atoms with Gasteiger partial charge in [-0.3, -0.25) is 0 Å². The zero-order valence-corrected chi connectivity index (χ0v) is 21.9. The maximum absolute atomic E-state index is 13.4. The van der Waals surface area contributed by atoms with Gasteiger partial charge in [-0.25, -0.2) is 13.1 Å². The van der Waals surface area contributed by atoms with Crippen molar-refractivity contribution < 1.29 is 61.0 Å². The van der Waals surface area contributed by atoms with Crippen molar-refractivity contribution in [3.63, 3.8) is 0 Å². The van der Waals surface area contributed by atoms with Crippen LogP contribution in [0, 0.1) is 0 Å². The number of amides is 1. The minimum Gasteiger partial charge on any atom is -0.542 e. The number of halogens is 4. The Morgan fingerprint density at radius 1 is 1.15 bits per heavy atom. The first-order chi connectivity index (χ1) is 15.0. The predicted octanol–water partition coefficient (Wildman–Crippen LogP) is 1.82. The van der Waals surface area contributed by atoms with Gasteiger partial charge in [0.2, 0.25) is 0 Å². The molecule has 0 saturated carbocycles. The molecule has 1 N–H and O–H groups in total. The van der Waals surface area contributed by atoms with Crippen LogP contribution in [0.3, 0.4) is 0 Å². The average Bonchev–Trinajstić information content (AvgIpc) is 3.19. The van der Waals surface area contributed by atoms with Crippen LogP contribution in [-0.2, 0) is 27.6 Å². The van der Waals surface area contributed by atoms with E-state index >= 15 is 0 Å². The monoisotopic (exact) mass is 553 g/mol. The van der Waals surface area contributed by atoms with E-state index in [1.165, 1.54) is 19.1 Å². The maximum atomic E-state index is 13.4. The van der Waals surface area contributed by atoms with E-state index in [-0.39, 0.29) is 52.9 Å². The molecule has 170 valence electrons. The van der Waals surface area contributed by atoms with Crippen LogP contribution < -0.4 is 29.6 Å². The Kier molecular flexibility index (Phi) is 8.93. The van der Waals surface area contributed by atoms with Crippen LogP contribution in [0.25, 0.3) is 21.7 Å². The molecule has 0 bridgehead atoms. The van der Waals surface area contributed by atoms with Crippen molar-refractivity contribution in [1.82, 2.24) is 9.78 Å². The minimum absolute atomic E-state index is 0. The third-order valence-electron chi connectivity index (χ3n) is 4.40. The van der Waals surface area contributed by atoms with Crippen molar-refractivity contribution in [1.29, 1.82) is 0 Å². The van der Waals surface area contributed by atoms with Crippen molar-refractivity contribution in [3.8, 4) is 16.9 Å². The largest absolute Gasteiger partial charge is 1.00 e. The summed E-state index contributed by atoms with van der Waals surface area (Å²) in [4.78, 5) is 11.1. The number of benzene rings is 2. The maximum Gasteiger partial charge on any atom is 1.00 e. The molecular weight excluding hydrogens is 538 g/mol. The summed E-state index contributed by atoms with van der Waals surface area (Å²) in [5, 5.41) is 13.3. The smallest absolute Gasteiger partial charge is 0.542 e. The van der Waals surface area contributed by atoms with Gasteiger partial charge in [-0.2, -0.15) is 18.3 Å². The molecule has 1 amide bonds. The Morgan fingerprint density at radius 3 is 2.33 bits per heavy atom. The van der Waals surface area contributed by atoms with Gasteiger partial charge in [0, 0.05) is 10.0 Å². The number of alkyl halides is 3. The van der Waals surface area contributed by atoms with E-state index in [1.807, 2.05) is 0 Å². The molecule has 0 saturated heterocycles. The van der Waals surface area contributed by atoms with Crippen molar-refractivity contribution in [2.45, 2.75) is 31.0 Å². The van der Waals surface area contributed by atoms with Gasteiger partial charge in [-0.1, -0.05) is 35.0 Å². The Morgan fingerprint density at radius 2 is 1.79 bits per heavy atom. The van der Waals surface area contributed by atoms with Gasteiger partial charge in [0.25, 0.3) is 0 Å². The number of aliphatic hydroxyl groups is 1. The molecule has 0 aliphatic heterocycles. The van der Waals surface area contributed by atoms with Crippen LogP contribution in [0.2, 0.25) is 0 Å². The zero-order valence-electron chi connectivity index (χ0n) is 17.5. The van der Waals surface area contributed by atoms with E-state index in [2.05, 4.69) is 25.8 Å². The molecule has 1 aromatic heterocycles. The molecule has 0 radical (unpaired) electrons. The van der Waals surface area contributed by atoms with Crippen molar-refractivity contribution in [3.05, 3.63) is 69.0 Å². The number of aliphatic hydroxyl groups excluding tert-OH is 1. The molecule has 2 aromatic carbocycles. The van der Waals surface area contributed by atoms with Crippen LogP contribution >= 0.6 is 15.9 Å². The number of nitrogens with zero attached hydrogens (tertiary/aromatic N) is 3. The molecule has 33 heavy (non-hydrogen) atoms. The van der Waals surface area contributed by atoms with E-state index in [4.69, 9.17) is 0 Å². The van der Waals surface area contributed by atoms with E-state index < -0.39 is 39.3 Å². The molecule has 13 heteroatoms. The Labute approximate surface area is 218 Å². The molecule has 0 atom stereocenters. The van der Waals surface area contributed by atoms with Gasteiger partial charge in [0.05, 0.1) is 28.8 Å². The normalized spacial score (nSPS) is 11.7. The Bertz CT molecular complexity index is 1260. The minimum atomic E-state index is -4.71. The first-order valence-electron chi connectivity index (χ1n) is 9.14.